The average Bonchev–Trinajstić information content (AvgIpc) is 3.24. The topological polar surface area (TPSA) is 78.1 Å². The van der Waals surface area contributed by atoms with Gasteiger partial charge < -0.3 is 15.2 Å². The SMILES string of the molecule is CC(C)CC(NC(=O)C1CCCN(C(=O)Cc2ccc(F)cc2)C1)c1nc2ccccc2[nH]1. The van der Waals surface area contributed by atoms with Gasteiger partial charge >= 0.3 is 0 Å². The fourth-order valence-electron chi connectivity index (χ4n) is 4.44. The second-order valence-electron chi connectivity index (χ2n) is 9.31. The van der Waals surface area contributed by atoms with Crippen LogP contribution in [-0.2, 0) is 16.0 Å². The molecule has 7 heteroatoms. The minimum atomic E-state index is -0.318. The van der Waals surface area contributed by atoms with Crippen LogP contribution in [0, 0.1) is 17.7 Å². The van der Waals surface area contributed by atoms with E-state index in [-0.39, 0.29) is 36.0 Å². The third-order valence-corrected chi connectivity index (χ3v) is 6.17. The molecule has 0 bridgehead atoms. The number of amides is 2. The molecule has 0 aliphatic carbocycles. The molecule has 2 heterocycles. The van der Waals surface area contributed by atoms with Gasteiger partial charge in [-0.15, -0.1) is 0 Å². The van der Waals surface area contributed by atoms with E-state index in [1.165, 1.54) is 12.1 Å². The number of aromatic amines is 1. The molecule has 2 N–H and O–H groups in total. The Kier molecular flexibility index (Phi) is 7.06. The fourth-order valence-corrected chi connectivity index (χ4v) is 4.44. The van der Waals surface area contributed by atoms with Crippen molar-refractivity contribution in [1.82, 2.24) is 20.2 Å². The molecule has 2 atom stereocenters. The molecule has 4 rings (SSSR count). The molecule has 1 aliphatic heterocycles. The first kappa shape index (κ1) is 23.0. The number of H-pyrrole nitrogens is 1. The predicted molar refractivity (Wildman–Crippen MR) is 126 cm³/mol. The number of benzene rings is 2. The van der Waals surface area contributed by atoms with Crippen LogP contribution >= 0.6 is 0 Å². The molecule has 3 aromatic rings. The molecular formula is C26H31FN4O2. The monoisotopic (exact) mass is 450 g/mol. The number of para-hydroxylation sites is 2. The van der Waals surface area contributed by atoms with Crippen molar-refractivity contribution in [3.63, 3.8) is 0 Å². The first-order chi connectivity index (χ1) is 15.9. The number of hydrogen-bond acceptors (Lipinski definition) is 3. The molecule has 2 aromatic carbocycles. The zero-order valence-electron chi connectivity index (χ0n) is 19.2. The van der Waals surface area contributed by atoms with Gasteiger partial charge in [0.2, 0.25) is 11.8 Å². The number of nitrogens with one attached hydrogen (secondary N) is 2. The number of carbonyl (C=O) groups excluding carboxylic acids is 2. The Labute approximate surface area is 193 Å². The number of piperidine rings is 1. The summed E-state index contributed by atoms with van der Waals surface area (Å²) in [5.41, 5.74) is 2.60. The van der Waals surface area contributed by atoms with Crippen molar-refractivity contribution >= 4 is 22.8 Å². The Morgan fingerprint density at radius 3 is 2.67 bits per heavy atom. The summed E-state index contributed by atoms with van der Waals surface area (Å²) in [7, 11) is 0. The van der Waals surface area contributed by atoms with Gasteiger partial charge in [0.05, 0.1) is 29.4 Å². The maximum atomic E-state index is 13.2. The molecule has 33 heavy (non-hydrogen) atoms. The number of nitrogens with zero attached hydrogens (tertiary/aromatic N) is 2. The van der Waals surface area contributed by atoms with Gasteiger partial charge in [0.15, 0.2) is 0 Å². The van der Waals surface area contributed by atoms with Crippen LogP contribution in [-0.4, -0.2) is 39.8 Å². The molecule has 0 spiro atoms. The van der Waals surface area contributed by atoms with E-state index in [1.807, 2.05) is 24.3 Å². The molecule has 1 fully saturated rings. The predicted octanol–water partition coefficient (Wildman–Crippen LogP) is 4.39. The van der Waals surface area contributed by atoms with E-state index >= 15 is 0 Å². The number of fused-ring (bicyclic) bond motifs is 1. The first-order valence-electron chi connectivity index (χ1n) is 11.7. The van der Waals surface area contributed by atoms with Crippen molar-refractivity contribution in [3.8, 4) is 0 Å². The molecule has 1 aromatic heterocycles. The summed E-state index contributed by atoms with van der Waals surface area (Å²) in [5, 5.41) is 3.20. The second-order valence-corrected chi connectivity index (χ2v) is 9.31. The molecule has 174 valence electrons. The van der Waals surface area contributed by atoms with E-state index in [2.05, 4.69) is 24.1 Å². The highest BCUT2D eigenvalue weighted by Crippen LogP contribution is 2.24. The van der Waals surface area contributed by atoms with Crippen molar-refractivity contribution in [2.24, 2.45) is 11.8 Å². The quantitative estimate of drug-likeness (QED) is 0.561. The van der Waals surface area contributed by atoms with Crippen LogP contribution in [0.1, 0.15) is 50.5 Å². The summed E-state index contributed by atoms with van der Waals surface area (Å²) in [6, 6.07) is 13.6. The van der Waals surface area contributed by atoms with E-state index in [0.717, 1.165) is 41.7 Å². The molecule has 0 saturated carbocycles. The second kappa shape index (κ2) is 10.1. The van der Waals surface area contributed by atoms with Gasteiger partial charge in [0, 0.05) is 13.1 Å². The van der Waals surface area contributed by atoms with Crippen molar-refractivity contribution in [1.29, 1.82) is 0 Å². The van der Waals surface area contributed by atoms with Gasteiger partial charge in [-0.3, -0.25) is 9.59 Å². The normalized spacial score (nSPS) is 17.3. The van der Waals surface area contributed by atoms with Gasteiger partial charge in [0.1, 0.15) is 11.6 Å². The Morgan fingerprint density at radius 2 is 1.94 bits per heavy atom. The van der Waals surface area contributed by atoms with E-state index in [0.29, 0.717) is 19.0 Å². The molecule has 0 radical (unpaired) electrons. The summed E-state index contributed by atoms with van der Waals surface area (Å²) < 4.78 is 13.1. The third-order valence-electron chi connectivity index (χ3n) is 6.17. The van der Waals surface area contributed by atoms with Gasteiger partial charge in [0.25, 0.3) is 0 Å². The van der Waals surface area contributed by atoms with E-state index in [1.54, 1.807) is 17.0 Å². The Morgan fingerprint density at radius 1 is 1.18 bits per heavy atom. The lowest BCUT2D eigenvalue weighted by atomic mass is 9.95. The number of carbonyl (C=O) groups is 2. The van der Waals surface area contributed by atoms with Crippen LogP contribution in [0.5, 0.6) is 0 Å². The third kappa shape index (κ3) is 5.78. The minimum Gasteiger partial charge on any atom is -0.346 e. The summed E-state index contributed by atoms with van der Waals surface area (Å²) in [5.74, 6) is 0.494. The van der Waals surface area contributed by atoms with Crippen LogP contribution in [0.15, 0.2) is 48.5 Å². The van der Waals surface area contributed by atoms with Crippen molar-refractivity contribution in [3.05, 3.63) is 65.7 Å². The Balaban J connectivity index is 1.41. The number of likely N-dealkylation sites (tertiary alicyclic amines) is 1. The maximum Gasteiger partial charge on any atom is 0.227 e. The zero-order valence-corrected chi connectivity index (χ0v) is 19.2. The zero-order chi connectivity index (χ0) is 23.4. The molecule has 2 unspecified atom stereocenters. The van der Waals surface area contributed by atoms with Crippen LogP contribution in [0.25, 0.3) is 11.0 Å². The smallest absolute Gasteiger partial charge is 0.227 e. The van der Waals surface area contributed by atoms with Gasteiger partial charge in [-0.25, -0.2) is 9.37 Å². The number of imidazole rings is 1. The van der Waals surface area contributed by atoms with Gasteiger partial charge in [-0.2, -0.15) is 0 Å². The summed E-state index contributed by atoms with van der Waals surface area (Å²) >= 11 is 0. The van der Waals surface area contributed by atoms with Crippen LogP contribution in [0.2, 0.25) is 0 Å². The van der Waals surface area contributed by atoms with Gasteiger partial charge in [-0.05, 0) is 55.0 Å². The highest BCUT2D eigenvalue weighted by atomic mass is 19.1. The maximum absolute atomic E-state index is 13.2. The lowest BCUT2D eigenvalue weighted by Crippen LogP contribution is -2.46. The first-order valence-corrected chi connectivity index (χ1v) is 11.7. The van der Waals surface area contributed by atoms with E-state index in [9.17, 15) is 14.0 Å². The molecule has 6 nitrogen and oxygen atoms in total. The lowest BCUT2D eigenvalue weighted by Gasteiger charge is -2.33. The number of halogens is 1. The fraction of sp³-hybridized carbons (Fsp3) is 0.423. The van der Waals surface area contributed by atoms with Crippen LogP contribution < -0.4 is 5.32 Å². The van der Waals surface area contributed by atoms with E-state index in [4.69, 9.17) is 4.98 Å². The van der Waals surface area contributed by atoms with E-state index < -0.39 is 0 Å². The number of aromatic nitrogens is 2. The Hall–Kier alpha value is -3.22. The van der Waals surface area contributed by atoms with Crippen molar-refractivity contribution in [2.75, 3.05) is 13.1 Å². The highest BCUT2D eigenvalue weighted by Gasteiger charge is 2.30. The van der Waals surface area contributed by atoms with Gasteiger partial charge in [-0.1, -0.05) is 38.1 Å². The molecule has 2 amide bonds. The highest BCUT2D eigenvalue weighted by molar-refractivity contribution is 5.82. The largest absolute Gasteiger partial charge is 0.346 e. The van der Waals surface area contributed by atoms with Crippen LogP contribution in [0.4, 0.5) is 4.39 Å². The van der Waals surface area contributed by atoms with Crippen molar-refractivity contribution in [2.45, 2.75) is 45.6 Å². The Bertz CT molecular complexity index is 1080. The number of hydrogen-bond donors (Lipinski definition) is 2. The minimum absolute atomic E-state index is 0.0323. The number of rotatable bonds is 7. The molecule has 1 aliphatic rings. The summed E-state index contributed by atoms with van der Waals surface area (Å²) in [6.07, 6.45) is 2.52. The average molecular weight is 451 g/mol. The standard InChI is InChI=1S/C26H31FN4O2/c1-17(2)14-23(25-28-21-7-3-4-8-22(21)29-25)30-26(33)19-6-5-13-31(16-19)24(32)15-18-9-11-20(27)12-10-18/h3-4,7-12,17,19,23H,5-6,13-16H2,1-2H3,(H,28,29)(H,30,33). The van der Waals surface area contributed by atoms with Crippen LogP contribution in [0.3, 0.4) is 0 Å². The summed E-state index contributed by atoms with van der Waals surface area (Å²) in [6.45, 7) is 5.29. The molecular weight excluding hydrogens is 419 g/mol. The van der Waals surface area contributed by atoms with Crippen molar-refractivity contribution < 1.29 is 14.0 Å². The molecule has 1 saturated heterocycles. The lowest BCUT2D eigenvalue weighted by molar-refractivity contribution is -0.135. The summed E-state index contributed by atoms with van der Waals surface area (Å²) in [4.78, 5) is 35.8.